The van der Waals surface area contributed by atoms with E-state index in [2.05, 4.69) is 15.6 Å². The molecule has 0 saturated heterocycles. The normalized spacial score (nSPS) is 19.6. The first kappa shape index (κ1) is 22.0. The number of H-pyrrole nitrogens is 1. The third-order valence-corrected chi connectivity index (χ3v) is 4.46. The second-order valence-electron chi connectivity index (χ2n) is 6.58. The number of hydrogen-bond donors (Lipinski definition) is 4. The van der Waals surface area contributed by atoms with E-state index in [1.54, 1.807) is 18.3 Å². The largest absolute Gasteiger partial charge is 0.490 e. The van der Waals surface area contributed by atoms with Crippen molar-refractivity contribution in [3.8, 4) is 11.5 Å². The molecule has 0 aliphatic carbocycles. The molecule has 31 heavy (non-hydrogen) atoms. The van der Waals surface area contributed by atoms with Crippen LogP contribution in [-0.2, 0) is 9.59 Å². The van der Waals surface area contributed by atoms with Crippen LogP contribution < -0.4 is 20.1 Å². The van der Waals surface area contributed by atoms with Gasteiger partial charge in [0, 0.05) is 18.3 Å². The zero-order chi connectivity index (χ0) is 22.6. The van der Waals surface area contributed by atoms with Gasteiger partial charge in [0.25, 0.3) is 11.8 Å². The summed E-state index contributed by atoms with van der Waals surface area (Å²) in [7, 11) is 0. The lowest BCUT2D eigenvalue weighted by atomic mass is 10.0. The molecular weight excluding hydrogens is 423 g/mol. The first-order chi connectivity index (χ1) is 14.7. The van der Waals surface area contributed by atoms with E-state index in [0.717, 1.165) is 5.56 Å². The van der Waals surface area contributed by atoms with Crippen molar-refractivity contribution >= 4 is 17.8 Å². The maximum atomic E-state index is 12.6. The lowest BCUT2D eigenvalue weighted by Crippen LogP contribution is -2.45. The van der Waals surface area contributed by atoms with Crippen molar-refractivity contribution in [1.82, 2.24) is 15.6 Å². The highest BCUT2D eigenvalue weighted by atomic mass is 19.4. The lowest BCUT2D eigenvalue weighted by molar-refractivity contribution is -0.192. The highest BCUT2D eigenvalue weighted by molar-refractivity contribution is 5.94. The molecule has 9 nitrogen and oxygen atoms in total. The highest BCUT2D eigenvalue weighted by Crippen LogP contribution is 2.31. The molecule has 4 N–H and O–H groups in total. The molecule has 2 aliphatic rings. The average Bonchev–Trinajstić information content (AvgIpc) is 3.17. The third kappa shape index (κ3) is 5.27. The van der Waals surface area contributed by atoms with Crippen molar-refractivity contribution in [1.29, 1.82) is 0 Å². The van der Waals surface area contributed by atoms with Crippen molar-refractivity contribution < 1.29 is 42.1 Å². The van der Waals surface area contributed by atoms with Gasteiger partial charge in [-0.1, -0.05) is 12.1 Å². The zero-order valence-corrected chi connectivity index (χ0v) is 15.9. The Labute approximate surface area is 173 Å². The van der Waals surface area contributed by atoms with Gasteiger partial charge in [-0.15, -0.1) is 0 Å². The first-order valence-corrected chi connectivity index (χ1v) is 9.11. The van der Waals surface area contributed by atoms with E-state index in [1.807, 2.05) is 18.2 Å². The fourth-order valence-electron chi connectivity index (χ4n) is 3.01. The van der Waals surface area contributed by atoms with Crippen LogP contribution in [0.5, 0.6) is 11.5 Å². The predicted molar refractivity (Wildman–Crippen MR) is 98.7 cm³/mol. The summed E-state index contributed by atoms with van der Waals surface area (Å²) in [6.07, 6.45) is -3.48. The van der Waals surface area contributed by atoms with E-state index in [0.29, 0.717) is 30.2 Å². The Balaban J connectivity index is 0.000000339. The molecule has 0 bridgehead atoms. The van der Waals surface area contributed by atoms with Crippen molar-refractivity contribution in [2.45, 2.75) is 24.7 Å². The number of carboxylic acids is 1. The van der Waals surface area contributed by atoms with Gasteiger partial charge in [-0.25, -0.2) is 4.79 Å². The van der Waals surface area contributed by atoms with E-state index >= 15 is 0 Å². The second-order valence-corrected chi connectivity index (χ2v) is 6.58. The van der Waals surface area contributed by atoms with Crippen LogP contribution in [0.25, 0.3) is 0 Å². The molecule has 0 fully saturated rings. The van der Waals surface area contributed by atoms with E-state index < -0.39 is 18.2 Å². The number of carbonyl (C=O) groups excluding carboxylic acids is 2. The summed E-state index contributed by atoms with van der Waals surface area (Å²) in [5.41, 5.74) is 1.28. The van der Waals surface area contributed by atoms with E-state index in [1.165, 1.54) is 0 Å². The summed E-state index contributed by atoms with van der Waals surface area (Å²) < 4.78 is 43.0. The maximum absolute atomic E-state index is 12.6. The van der Waals surface area contributed by atoms with Crippen molar-refractivity contribution in [3.63, 3.8) is 0 Å². The molecule has 4 rings (SSSR count). The molecule has 1 aromatic heterocycles. The second kappa shape index (κ2) is 8.98. The van der Waals surface area contributed by atoms with Crippen molar-refractivity contribution in [2.24, 2.45) is 0 Å². The number of alkyl halides is 3. The van der Waals surface area contributed by atoms with E-state index in [4.69, 9.17) is 19.4 Å². The molecule has 2 aromatic rings. The van der Waals surface area contributed by atoms with E-state index in [-0.39, 0.29) is 24.5 Å². The fourth-order valence-corrected chi connectivity index (χ4v) is 3.01. The Morgan fingerprint density at radius 3 is 2.52 bits per heavy atom. The fraction of sp³-hybridized carbons (Fsp3) is 0.316. The molecule has 2 unspecified atom stereocenters. The number of carboxylic acid groups (broad SMARTS) is 1. The summed E-state index contributed by atoms with van der Waals surface area (Å²) in [4.78, 5) is 36.3. The molecule has 2 atom stereocenters. The number of para-hydroxylation sites is 2. The highest BCUT2D eigenvalue weighted by Gasteiger charge is 2.38. The third-order valence-electron chi connectivity index (χ3n) is 4.46. The first-order valence-electron chi connectivity index (χ1n) is 9.11. The zero-order valence-electron chi connectivity index (χ0n) is 15.9. The van der Waals surface area contributed by atoms with Gasteiger partial charge in [0.15, 0.2) is 11.5 Å². The Kier molecular flexibility index (Phi) is 6.37. The van der Waals surface area contributed by atoms with Gasteiger partial charge < -0.3 is 30.2 Å². The Hall–Kier alpha value is -3.70. The van der Waals surface area contributed by atoms with Crippen molar-refractivity contribution in [3.05, 3.63) is 47.8 Å². The lowest BCUT2D eigenvalue weighted by Gasteiger charge is -2.27. The molecule has 1 aromatic carbocycles. The summed E-state index contributed by atoms with van der Waals surface area (Å²) >= 11 is 0. The Morgan fingerprint density at radius 2 is 1.84 bits per heavy atom. The molecule has 0 spiro atoms. The van der Waals surface area contributed by atoms with Crippen LogP contribution >= 0.6 is 0 Å². The summed E-state index contributed by atoms with van der Waals surface area (Å²) in [5.74, 6) is -1.97. The van der Waals surface area contributed by atoms with Crippen LogP contribution in [0.15, 0.2) is 36.5 Å². The number of aromatic nitrogens is 1. The minimum Gasteiger partial charge on any atom is -0.485 e. The molecule has 166 valence electrons. The SMILES string of the molecule is O=C(O)C(F)(F)F.O=C1NCCC(NC(=O)C2COc3ccccc3O2)c2cc[nH]c21. The predicted octanol–water partition coefficient (Wildman–Crippen LogP) is 1.78. The quantitative estimate of drug-likeness (QED) is 0.562. The topological polar surface area (TPSA) is 130 Å². The van der Waals surface area contributed by atoms with Gasteiger partial charge in [-0.3, -0.25) is 9.59 Å². The van der Waals surface area contributed by atoms with Gasteiger partial charge in [-0.05, 0) is 24.6 Å². The number of benzene rings is 1. The van der Waals surface area contributed by atoms with Gasteiger partial charge >= 0.3 is 12.1 Å². The summed E-state index contributed by atoms with van der Waals surface area (Å²) in [5, 5.41) is 12.9. The van der Waals surface area contributed by atoms with Gasteiger partial charge in [-0.2, -0.15) is 13.2 Å². The van der Waals surface area contributed by atoms with Crippen LogP contribution in [0.3, 0.4) is 0 Å². The van der Waals surface area contributed by atoms with Crippen molar-refractivity contribution in [2.75, 3.05) is 13.2 Å². The minimum atomic E-state index is -5.08. The molecule has 3 heterocycles. The number of aliphatic carboxylic acids is 1. The number of rotatable bonds is 2. The van der Waals surface area contributed by atoms with Crippen LogP contribution in [0.2, 0.25) is 0 Å². The van der Waals surface area contributed by atoms with Gasteiger partial charge in [0.2, 0.25) is 6.10 Å². The Bertz CT molecular complexity index is 975. The summed E-state index contributed by atoms with van der Waals surface area (Å²) in [6.45, 7) is 0.657. The number of nitrogens with one attached hydrogen (secondary N) is 3. The molecule has 2 amide bonds. The summed E-state index contributed by atoms with van der Waals surface area (Å²) in [6, 6.07) is 8.82. The number of ether oxygens (including phenoxy) is 2. The molecule has 2 aliphatic heterocycles. The minimum absolute atomic E-state index is 0.155. The average molecular weight is 441 g/mol. The number of amides is 2. The molecule has 0 radical (unpaired) electrons. The van der Waals surface area contributed by atoms with Gasteiger partial charge in [0.1, 0.15) is 12.3 Å². The van der Waals surface area contributed by atoms with Crippen LogP contribution in [0.1, 0.15) is 28.5 Å². The smallest absolute Gasteiger partial charge is 0.485 e. The number of aromatic amines is 1. The Morgan fingerprint density at radius 1 is 1.16 bits per heavy atom. The number of hydrogen-bond acceptors (Lipinski definition) is 5. The number of fused-ring (bicyclic) bond motifs is 2. The standard InChI is InChI=1S/C17H17N3O4.C2HF3O2/c21-16(14-9-23-12-3-1-2-4-13(12)24-14)20-11-6-8-19-17(22)15-10(11)5-7-18-15;3-2(4,5)1(6)7/h1-5,7,11,14,18H,6,8-9H2,(H,19,22)(H,20,21);(H,6,7). The van der Waals surface area contributed by atoms with Crippen LogP contribution in [-0.4, -0.2) is 53.3 Å². The van der Waals surface area contributed by atoms with E-state index in [9.17, 15) is 22.8 Å². The monoisotopic (exact) mass is 441 g/mol. The molecule has 12 heteroatoms. The molecular formula is C19H18F3N3O6. The van der Waals surface area contributed by atoms with Gasteiger partial charge in [0.05, 0.1) is 6.04 Å². The van der Waals surface area contributed by atoms with Crippen LogP contribution in [0, 0.1) is 0 Å². The maximum Gasteiger partial charge on any atom is 0.490 e. The molecule has 0 saturated carbocycles. The number of carbonyl (C=O) groups is 3. The number of halogens is 3. The van der Waals surface area contributed by atoms with Crippen LogP contribution in [0.4, 0.5) is 13.2 Å².